The Balaban J connectivity index is 2.56. The van der Waals surface area contributed by atoms with Crippen LogP contribution in [0, 0.1) is 5.92 Å². The summed E-state index contributed by atoms with van der Waals surface area (Å²) < 4.78 is 6.24. The maximum absolute atomic E-state index is 11.6. The minimum atomic E-state index is -1.67. The second-order valence-corrected chi connectivity index (χ2v) is 13.7. The first-order chi connectivity index (χ1) is 10.1. The third-order valence-corrected chi connectivity index (χ3v) is 10.2. The third kappa shape index (κ3) is 5.76. The molecule has 1 heterocycles. The van der Waals surface area contributed by atoms with E-state index in [4.69, 9.17) is 4.43 Å². The minimum Gasteiger partial charge on any atom is -0.416 e. The monoisotopic (exact) mass is 402 g/mol. The number of Topliss-reactive ketones (excluding diaryl/α,β-unsaturated/α-hetero) is 1. The zero-order valence-electron chi connectivity index (χ0n) is 14.4. The van der Waals surface area contributed by atoms with Gasteiger partial charge in [-0.3, -0.25) is 4.79 Å². The average Bonchev–Trinajstić information content (AvgIpc) is 2.89. The van der Waals surface area contributed by atoms with Crippen LogP contribution in [0.5, 0.6) is 0 Å². The van der Waals surface area contributed by atoms with Crippen molar-refractivity contribution in [1.29, 1.82) is 0 Å². The maximum Gasteiger partial charge on any atom is 0.192 e. The van der Waals surface area contributed by atoms with Crippen molar-refractivity contribution in [3.8, 4) is 0 Å². The van der Waals surface area contributed by atoms with E-state index in [1.807, 2.05) is 12.1 Å². The Kier molecular flexibility index (Phi) is 7.24. The quantitative estimate of drug-likeness (QED) is 0.317. The lowest BCUT2D eigenvalue weighted by Crippen LogP contribution is -2.41. The van der Waals surface area contributed by atoms with Gasteiger partial charge in [-0.25, -0.2) is 0 Å². The lowest BCUT2D eigenvalue weighted by atomic mass is 10.2. The van der Waals surface area contributed by atoms with E-state index >= 15 is 0 Å². The van der Waals surface area contributed by atoms with E-state index < -0.39 is 8.32 Å². The highest BCUT2D eigenvalue weighted by Crippen LogP contribution is 2.36. The van der Waals surface area contributed by atoms with Crippen LogP contribution >= 0.6 is 27.3 Å². The van der Waals surface area contributed by atoms with Gasteiger partial charge in [-0.05, 0) is 42.3 Å². The number of hydrogen-bond acceptors (Lipinski definition) is 3. The lowest BCUT2D eigenvalue weighted by Gasteiger charge is -2.36. The smallest absolute Gasteiger partial charge is 0.192 e. The highest BCUT2D eigenvalue weighted by Gasteiger charge is 2.37. The van der Waals surface area contributed by atoms with Gasteiger partial charge in [-0.2, -0.15) is 0 Å². The van der Waals surface area contributed by atoms with E-state index in [1.54, 1.807) is 0 Å². The SMILES string of the molecule is C[C@H](/C=C/c1ccc(C(=O)CBr)s1)CO[Si](C)(C)C(C)(C)C. The molecule has 0 radical (unpaired) electrons. The molecule has 2 nitrogen and oxygen atoms in total. The summed E-state index contributed by atoms with van der Waals surface area (Å²) in [5, 5.41) is 0.628. The molecule has 1 atom stereocenters. The molecule has 0 saturated carbocycles. The second kappa shape index (κ2) is 8.04. The summed E-state index contributed by atoms with van der Waals surface area (Å²) in [4.78, 5) is 13.5. The fraction of sp³-hybridized carbons (Fsp3) is 0.588. The molecule has 0 bridgehead atoms. The van der Waals surface area contributed by atoms with Crippen LogP contribution in [0.15, 0.2) is 18.2 Å². The molecule has 0 aliphatic carbocycles. The first-order valence-corrected chi connectivity index (χ1v) is 12.4. The predicted octanol–water partition coefficient (Wildman–Crippen LogP) is 6.00. The Morgan fingerprint density at radius 3 is 2.59 bits per heavy atom. The van der Waals surface area contributed by atoms with E-state index in [0.29, 0.717) is 11.2 Å². The van der Waals surface area contributed by atoms with Gasteiger partial charge in [-0.1, -0.05) is 49.7 Å². The summed E-state index contributed by atoms with van der Waals surface area (Å²) >= 11 is 4.74. The minimum absolute atomic E-state index is 0.138. The molecule has 1 aromatic rings. The predicted molar refractivity (Wildman–Crippen MR) is 104 cm³/mol. The molecule has 0 N–H and O–H groups in total. The number of rotatable bonds is 7. The van der Waals surface area contributed by atoms with Crippen LogP contribution in [0.25, 0.3) is 6.08 Å². The van der Waals surface area contributed by atoms with Crippen LogP contribution in [0.1, 0.15) is 42.2 Å². The van der Waals surface area contributed by atoms with E-state index in [0.717, 1.165) is 16.4 Å². The van der Waals surface area contributed by atoms with Crippen LogP contribution in [0.2, 0.25) is 18.1 Å². The van der Waals surface area contributed by atoms with Crippen LogP contribution < -0.4 is 0 Å². The van der Waals surface area contributed by atoms with Crippen LogP contribution in [0.3, 0.4) is 0 Å². The van der Waals surface area contributed by atoms with Gasteiger partial charge < -0.3 is 4.43 Å². The number of ketones is 1. The maximum atomic E-state index is 11.6. The molecule has 1 aromatic heterocycles. The normalized spacial score (nSPS) is 14.5. The summed E-state index contributed by atoms with van der Waals surface area (Å²) in [5.41, 5.74) is 0. The van der Waals surface area contributed by atoms with Crippen molar-refractivity contribution in [3.63, 3.8) is 0 Å². The highest BCUT2D eigenvalue weighted by molar-refractivity contribution is 9.09. The topological polar surface area (TPSA) is 26.3 Å². The second-order valence-electron chi connectivity index (χ2n) is 7.17. The van der Waals surface area contributed by atoms with Crippen LogP contribution in [-0.2, 0) is 4.43 Å². The molecule has 5 heteroatoms. The third-order valence-electron chi connectivity index (χ3n) is 4.13. The van der Waals surface area contributed by atoms with Crippen LogP contribution in [0.4, 0.5) is 0 Å². The molecular weight excluding hydrogens is 376 g/mol. The Bertz CT molecular complexity index is 529. The molecule has 0 aliphatic heterocycles. The van der Waals surface area contributed by atoms with Gasteiger partial charge in [0.15, 0.2) is 14.1 Å². The Labute approximate surface area is 148 Å². The van der Waals surface area contributed by atoms with Crippen molar-refractivity contribution < 1.29 is 9.22 Å². The fourth-order valence-corrected chi connectivity index (χ4v) is 3.99. The number of thiophene rings is 1. The van der Waals surface area contributed by atoms with Gasteiger partial charge in [-0.15, -0.1) is 11.3 Å². The molecule has 0 spiro atoms. The Morgan fingerprint density at radius 1 is 1.41 bits per heavy atom. The summed E-state index contributed by atoms with van der Waals surface area (Å²) in [6, 6.07) is 3.89. The zero-order chi connectivity index (χ0) is 17.0. The van der Waals surface area contributed by atoms with Crippen LogP contribution in [-0.4, -0.2) is 26.0 Å². The van der Waals surface area contributed by atoms with Crippen molar-refractivity contribution in [2.45, 2.75) is 45.8 Å². The molecule has 0 saturated heterocycles. The van der Waals surface area contributed by atoms with Gasteiger partial charge >= 0.3 is 0 Å². The van der Waals surface area contributed by atoms with Crippen molar-refractivity contribution in [3.05, 3.63) is 28.0 Å². The van der Waals surface area contributed by atoms with Gasteiger partial charge in [0.1, 0.15) is 0 Å². The van der Waals surface area contributed by atoms with E-state index in [9.17, 15) is 4.79 Å². The lowest BCUT2D eigenvalue weighted by molar-refractivity contribution is 0.102. The van der Waals surface area contributed by atoms with Gasteiger partial charge in [0.2, 0.25) is 0 Å². The number of hydrogen-bond donors (Lipinski definition) is 0. The Morgan fingerprint density at radius 2 is 2.05 bits per heavy atom. The number of carbonyl (C=O) groups is 1. The molecule has 0 amide bonds. The molecule has 0 aliphatic rings. The highest BCUT2D eigenvalue weighted by atomic mass is 79.9. The fourth-order valence-electron chi connectivity index (χ4n) is 1.53. The van der Waals surface area contributed by atoms with Crippen molar-refractivity contribution in [2.24, 2.45) is 5.92 Å². The molecule has 22 heavy (non-hydrogen) atoms. The van der Waals surface area contributed by atoms with Crippen molar-refractivity contribution in [1.82, 2.24) is 0 Å². The molecule has 0 fully saturated rings. The van der Waals surface area contributed by atoms with E-state index in [2.05, 4.69) is 68.9 Å². The number of alkyl halides is 1. The van der Waals surface area contributed by atoms with E-state index in [-0.39, 0.29) is 10.8 Å². The van der Waals surface area contributed by atoms with Gasteiger partial charge in [0.05, 0.1) is 10.2 Å². The molecule has 124 valence electrons. The van der Waals surface area contributed by atoms with E-state index in [1.165, 1.54) is 11.3 Å². The first-order valence-electron chi connectivity index (χ1n) is 7.58. The largest absolute Gasteiger partial charge is 0.416 e. The van der Waals surface area contributed by atoms with Crippen molar-refractivity contribution >= 4 is 47.4 Å². The van der Waals surface area contributed by atoms with Crippen molar-refractivity contribution in [2.75, 3.05) is 11.9 Å². The summed E-state index contributed by atoms with van der Waals surface area (Å²) in [6.45, 7) is 14.3. The molecule has 0 aromatic carbocycles. The first kappa shape index (κ1) is 19.8. The number of carbonyl (C=O) groups excluding carboxylic acids is 1. The summed E-state index contributed by atoms with van der Waals surface area (Å²) in [5.74, 6) is 0.505. The standard InChI is InChI=1S/C17H27BrO2SSi/c1-13(12-20-22(5,6)17(2,3)4)7-8-14-9-10-16(21-14)15(19)11-18/h7-10,13H,11-12H2,1-6H3/b8-7+/t13-/m1/s1. The molecule has 0 unspecified atom stereocenters. The Hall–Kier alpha value is -0.233. The summed E-state index contributed by atoms with van der Waals surface area (Å²) in [6.07, 6.45) is 4.26. The summed E-state index contributed by atoms with van der Waals surface area (Å²) in [7, 11) is -1.67. The van der Waals surface area contributed by atoms with Gasteiger partial charge in [0.25, 0.3) is 0 Å². The zero-order valence-corrected chi connectivity index (χ0v) is 17.8. The van der Waals surface area contributed by atoms with Gasteiger partial charge in [0, 0.05) is 11.5 Å². The molecular formula is C17H27BrO2SSi. The number of halogens is 1. The average molecular weight is 403 g/mol. The molecule has 1 rings (SSSR count).